The number of nitrogens with two attached hydrogens (primary N) is 2. The largest absolute Gasteiger partial charge is 0.492 e. The molecule has 0 aliphatic rings. The van der Waals surface area contributed by atoms with E-state index < -0.39 is 0 Å². The standard InChI is InChI=1S/C15H18N4OS.ClH/c1-2-3-12-19-13-14(21-12)10-5-4-9(20-7-6-16)8-11(10)18-15(13)17;/h4-5,8H,2-3,6-7,16H2,1H3,(H2,17,18);1H. The van der Waals surface area contributed by atoms with E-state index in [0.29, 0.717) is 19.0 Å². The van der Waals surface area contributed by atoms with Crippen LogP contribution in [0.1, 0.15) is 18.4 Å². The molecule has 0 aliphatic carbocycles. The minimum absolute atomic E-state index is 0. The Morgan fingerprint density at radius 2 is 2.09 bits per heavy atom. The highest BCUT2D eigenvalue weighted by atomic mass is 35.5. The quantitative estimate of drug-likeness (QED) is 0.746. The van der Waals surface area contributed by atoms with Gasteiger partial charge in [0.05, 0.1) is 15.2 Å². The fourth-order valence-corrected chi connectivity index (χ4v) is 3.49. The van der Waals surface area contributed by atoms with Crippen LogP contribution in [0.4, 0.5) is 5.82 Å². The molecular weight excluding hydrogens is 320 g/mol. The monoisotopic (exact) mass is 338 g/mol. The Hall–Kier alpha value is -1.63. The van der Waals surface area contributed by atoms with Gasteiger partial charge < -0.3 is 16.2 Å². The molecule has 0 spiro atoms. The predicted octanol–water partition coefficient (Wildman–Crippen LogP) is 3.14. The molecule has 0 radical (unpaired) electrons. The molecule has 22 heavy (non-hydrogen) atoms. The number of hydrogen-bond acceptors (Lipinski definition) is 6. The second kappa shape index (κ2) is 7.09. The fraction of sp³-hybridized carbons (Fsp3) is 0.333. The van der Waals surface area contributed by atoms with E-state index in [1.165, 1.54) is 0 Å². The minimum atomic E-state index is 0. The molecule has 0 bridgehead atoms. The molecule has 2 aromatic heterocycles. The number of halogens is 1. The maximum atomic E-state index is 6.05. The van der Waals surface area contributed by atoms with Gasteiger partial charge in [0.25, 0.3) is 0 Å². The van der Waals surface area contributed by atoms with E-state index in [1.807, 2.05) is 18.2 Å². The number of aromatic nitrogens is 2. The number of aryl methyl sites for hydroxylation is 1. The summed E-state index contributed by atoms with van der Waals surface area (Å²) in [5.74, 6) is 1.24. The second-order valence-electron chi connectivity index (χ2n) is 4.85. The van der Waals surface area contributed by atoms with Crippen molar-refractivity contribution in [3.8, 4) is 5.75 Å². The third kappa shape index (κ3) is 3.09. The van der Waals surface area contributed by atoms with Crippen LogP contribution in [0.25, 0.3) is 21.1 Å². The first kappa shape index (κ1) is 16.7. The highest BCUT2D eigenvalue weighted by Gasteiger charge is 2.12. The molecule has 0 amide bonds. The van der Waals surface area contributed by atoms with Crippen molar-refractivity contribution >= 4 is 50.7 Å². The molecule has 0 saturated carbocycles. The van der Waals surface area contributed by atoms with Gasteiger partial charge in [0.15, 0.2) is 5.82 Å². The van der Waals surface area contributed by atoms with Gasteiger partial charge in [-0.25, -0.2) is 9.97 Å². The van der Waals surface area contributed by atoms with Gasteiger partial charge in [-0.3, -0.25) is 0 Å². The highest BCUT2D eigenvalue weighted by molar-refractivity contribution is 7.19. The summed E-state index contributed by atoms with van der Waals surface area (Å²) < 4.78 is 6.64. The van der Waals surface area contributed by atoms with Crippen LogP contribution in [0.2, 0.25) is 0 Å². The summed E-state index contributed by atoms with van der Waals surface area (Å²) in [5.41, 5.74) is 13.2. The molecule has 7 heteroatoms. The van der Waals surface area contributed by atoms with Crippen molar-refractivity contribution in [1.29, 1.82) is 0 Å². The Kier molecular flexibility index (Phi) is 5.39. The molecule has 3 aromatic rings. The van der Waals surface area contributed by atoms with Crippen LogP contribution < -0.4 is 16.2 Å². The van der Waals surface area contributed by atoms with Crippen LogP contribution in [0.5, 0.6) is 5.75 Å². The van der Waals surface area contributed by atoms with Crippen molar-refractivity contribution in [1.82, 2.24) is 9.97 Å². The molecule has 3 rings (SSSR count). The first-order valence-electron chi connectivity index (χ1n) is 7.04. The van der Waals surface area contributed by atoms with Crippen molar-refractivity contribution in [3.63, 3.8) is 0 Å². The third-order valence-corrected chi connectivity index (χ3v) is 4.37. The minimum Gasteiger partial charge on any atom is -0.492 e. The topological polar surface area (TPSA) is 87.0 Å². The number of rotatable bonds is 5. The maximum Gasteiger partial charge on any atom is 0.151 e. The molecule has 1 aromatic carbocycles. The molecule has 0 atom stereocenters. The average molecular weight is 339 g/mol. The average Bonchev–Trinajstić information content (AvgIpc) is 2.90. The number of fused-ring (bicyclic) bond motifs is 3. The zero-order valence-corrected chi connectivity index (χ0v) is 14.0. The molecule has 0 aliphatic heterocycles. The highest BCUT2D eigenvalue weighted by Crippen LogP contribution is 2.34. The number of thiazole rings is 1. The van der Waals surface area contributed by atoms with Gasteiger partial charge in [0.1, 0.15) is 17.9 Å². The summed E-state index contributed by atoms with van der Waals surface area (Å²) in [4.78, 5) is 9.06. The molecule has 0 fully saturated rings. The molecule has 4 N–H and O–H groups in total. The van der Waals surface area contributed by atoms with Crippen molar-refractivity contribution in [2.75, 3.05) is 18.9 Å². The fourth-order valence-electron chi connectivity index (χ4n) is 2.29. The molecule has 0 saturated heterocycles. The van der Waals surface area contributed by atoms with Crippen LogP contribution >= 0.6 is 23.7 Å². The summed E-state index contributed by atoms with van der Waals surface area (Å²) in [7, 11) is 0. The first-order chi connectivity index (χ1) is 10.2. The van der Waals surface area contributed by atoms with Crippen LogP contribution in [-0.2, 0) is 6.42 Å². The number of anilines is 1. The number of hydrogen-bond donors (Lipinski definition) is 2. The number of pyridine rings is 1. The third-order valence-electron chi connectivity index (χ3n) is 3.22. The van der Waals surface area contributed by atoms with E-state index in [2.05, 4.69) is 16.9 Å². The van der Waals surface area contributed by atoms with E-state index in [4.69, 9.17) is 16.2 Å². The van der Waals surface area contributed by atoms with Gasteiger partial charge in [-0.05, 0) is 25.0 Å². The van der Waals surface area contributed by atoms with E-state index >= 15 is 0 Å². The number of ether oxygens (including phenoxy) is 1. The predicted molar refractivity (Wildman–Crippen MR) is 95.1 cm³/mol. The Balaban J connectivity index is 0.00000176. The number of nitrogens with zero attached hydrogens (tertiary/aromatic N) is 2. The normalized spacial score (nSPS) is 10.8. The van der Waals surface area contributed by atoms with Gasteiger partial charge in [-0.2, -0.15) is 0 Å². The van der Waals surface area contributed by atoms with Crippen molar-refractivity contribution in [2.45, 2.75) is 19.8 Å². The summed E-state index contributed by atoms with van der Waals surface area (Å²) in [6.07, 6.45) is 2.04. The van der Waals surface area contributed by atoms with Gasteiger partial charge in [-0.1, -0.05) is 6.92 Å². The van der Waals surface area contributed by atoms with Crippen molar-refractivity contribution < 1.29 is 4.74 Å². The van der Waals surface area contributed by atoms with Crippen LogP contribution in [0.15, 0.2) is 18.2 Å². The zero-order valence-electron chi connectivity index (χ0n) is 12.3. The van der Waals surface area contributed by atoms with E-state index in [9.17, 15) is 0 Å². The zero-order chi connectivity index (χ0) is 14.8. The van der Waals surface area contributed by atoms with Crippen LogP contribution in [0.3, 0.4) is 0 Å². The van der Waals surface area contributed by atoms with E-state index in [1.54, 1.807) is 11.3 Å². The summed E-state index contributed by atoms with van der Waals surface area (Å²) >= 11 is 1.70. The molecule has 2 heterocycles. The van der Waals surface area contributed by atoms with Crippen molar-refractivity contribution in [3.05, 3.63) is 23.2 Å². The lowest BCUT2D eigenvalue weighted by Crippen LogP contribution is -2.10. The van der Waals surface area contributed by atoms with Crippen LogP contribution in [-0.4, -0.2) is 23.1 Å². The van der Waals surface area contributed by atoms with Crippen LogP contribution in [0, 0.1) is 0 Å². The van der Waals surface area contributed by atoms with Gasteiger partial charge in [-0.15, -0.1) is 23.7 Å². The maximum absolute atomic E-state index is 6.05. The van der Waals surface area contributed by atoms with Gasteiger partial charge in [0, 0.05) is 18.0 Å². The Bertz CT molecular complexity index is 790. The Labute approximate surface area is 139 Å². The molecule has 5 nitrogen and oxygen atoms in total. The van der Waals surface area contributed by atoms with Gasteiger partial charge in [0.2, 0.25) is 0 Å². The summed E-state index contributed by atoms with van der Waals surface area (Å²) in [6.45, 7) is 3.12. The lowest BCUT2D eigenvalue weighted by molar-refractivity contribution is 0.328. The smallest absolute Gasteiger partial charge is 0.151 e. The number of nitrogen functional groups attached to an aromatic ring is 1. The van der Waals surface area contributed by atoms with E-state index in [0.717, 1.165) is 44.7 Å². The molecule has 0 unspecified atom stereocenters. The molecular formula is C15H19ClN4OS. The Morgan fingerprint density at radius 1 is 1.27 bits per heavy atom. The summed E-state index contributed by atoms with van der Waals surface area (Å²) in [5, 5.41) is 2.18. The lowest BCUT2D eigenvalue weighted by Gasteiger charge is -2.06. The first-order valence-corrected chi connectivity index (χ1v) is 7.86. The van der Waals surface area contributed by atoms with E-state index in [-0.39, 0.29) is 12.4 Å². The Morgan fingerprint density at radius 3 is 2.82 bits per heavy atom. The second-order valence-corrected chi connectivity index (χ2v) is 5.93. The van der Waals surface area contributed by atoms with Gasteiger partial charge >= 0.3 is 0 Å². The SMILES string of the molecule is CCCc1nc2c(N)nc3cc(OCCN)ccc3c2s1.Cl. The number of benzene rings is 1. The summed E-state index contributed by atoms with van der Waals surface area (Å²) in [6, 6.07) is 5.86. The van der Waals surface area contributed by atoms with Crippen molar-refractivity contribution in [2.24, 2.45) is 5.73 Å². The lowest BCUT2D eigenvalue weighted by atomic mass is 10.2. The molecule has 118 valence electrons.